The summed E-state index contributed by atoms with van der Waals surface area (Å²) in [5.41, 5.74) is 0.886. The molecule has 0 spiro atoms. The Morgan fingerprint density at radius 2 is 1.95 bits per heavy atom. The number of aromatic nitrogens is 2. The van der Waals surface area contributed by atoms with E-state index >= 15 is 0 Å². The first-order valence-electron chi connectivity index (χ1n) is 7.54. The predicted molar refractivity (Wildman–Crippen MR) is 85.1 cm³/mol. The van der Waals surface area contributed by atoms with Crippen LogP contribution in [0.25, 0.3) is 0 Å². The van der Waals surface area contributed by atoms with Gasteiger partial charge in [0.15, 0.2) is 0 Å². The zero-order valence-corrected chi connectivity index (χ0v) is 13.6. The maximum Gasteiger partial charge on any atom is 0.236 e. The number of nitrogens with zero attached hydrogens (tertiary/aromatic N) is 4. The summed E-state index contributed by atoms with van der Waals surface area (Å²) in [5.74, 6) is 0.907. The molecular formula is C15H27N5O. The van der Waals surface area contributed by atoms with Gasteiger partial charge in [-0.15, -0.1) is 0 Å². The largest absolute Gasteiger partial charge is 0.369 e. The standard InChI is InChI=1S/C15H27N5O/c1-5-7-16-14-10-17-13(9-18-14)11-20(8-6-2)12-15(21)19(3)4/h9-10H,5-8,11-12H2,1-4H3,(H,16,18). The van der Waals surface area contributed by atoms with Gasteiger partial charge >= 0.3 is 0 Å². The molecule has 1 aromatic rings. The van der Waals surface area contributed by atoms with Gasteiger partial charge in [-0.3, -0.25) is 14.7 Å². The highest BCUT2D eigenvalue weighted by Gasteiger charge is 2.12. The molecule has 1 heterocycles. The number of hydrogen-bond acceptors (Lipinski definition) is 5. The molecule has 1 rings (SSSR count). The van der Waals surface area contributed by atoms with Crippen LogP contribution >= 0.6 is 0 Å². The quantitative estimate of drug-likeness (QED) is 0.749. The van der Waals surface area contributed by atoms with E-state index < -0.39 is 0 Å². The monoisotopic (exact) mass is 293 g/mol. The summed E-state index contributed by atoms with van der Waals surface area (Å²) in [5, 5.41) is 3.20. The number of anilines is 1. The van der Waals surface area contributed by atoms with Crippen molar-refractivity contribution in [2.45, 2.75) is 33.2 Å². The number of nitrogens with one attached hydrogen (secondary N) is 1. The normalized spacial score (nSPS) is 10.7. The van der Waals surface area contributed by atoms with E-state index in [4.69, 9.17) is 0 Å². The van der Waals surface area contributed by atoms with E-state index in [1.165, 1.54) is 0 Å². The van der Waals surface area contributed by atoms with Crippen molar-refractivity contribution in [2.75, 3.05) is 39.0 Å². The van der Waals surface area contributed by atoms with Gasteiger partial charge in [0.2, 0.25) is 5.91 Å². The van der Waals surface area contributed by atoms with Gasteiger partial charge < -0.3 is 10.2 Å². The molecule has 1 aromatic heterocycles. The van der Waals surface area contributed by atoms with E-state index in [2.05, 4.69) is 34.0 Å². The Balaban J connectivity index is 2.59. The van der Waals surface area contributed by atoms with Crippen LogP contribution in [0.3, 0.4) is 0 Å². The number of carbonyl (C=O) groups is 1. The van der Waals surface area contributed by atoms with Crippen molar-refractivity contribution in [3.05, 3.63) is 18.1 Å². The molecule has 0 saturated heterocycles. The minimum absolute atomic E-state index is 0.109. The molecule has 0 aromatic carbocycles. The Morgan fingerprint density at radius 1 is 1.19 bits per heavy atom. The molecule has 0 radical (unpaired) electrons. The number of rotatable bonds is 9. The molecule has 0 unspecified atom stereocenters. The van der Waals surface area contributed by atoms with Crippen LogP contribution in [0, 0.1) is 0 Å². The van der Waals surface area contributed by atoms with Gasteiger partial charge in [-0.25, -0.2) is 4.98 Å². The molecule has 6 heteroatoms. The Kier molecular flexibility index (Phi) is 7.68. The van der Waals surface area contributed by atoms with Crippen LogP contribution in [-0.2, 0) is 11.3 Å². The average Bonchev–Trinajstić information content (AvgIpc) is 2.46. The van der Waals surface area contributed by atoms with Crippen LogP contribution in [0.2, 0.25) is 0 Å². The summed E-state index contributed by atoms with van der Waals surface area (Å²) in [6.45, 7) is 7.05. The number of carbonyl (C=O) groups excluding carboxylic acids is 1. The van der Waals surface area contributed by atoms with Gasteiger partial charge in [-0.1, -0.05) is 13.8 Å². The van der Waals surface area contributed by atoms with Crippen molar-refractivity contribution in [2.24, 2.45) is 0 Å². The van der Waals surface area contributed by atoms with Gasteiger partial charge in [-0.05, 0) is 19.4 Å². The molecule has 118 valence electrons. The van der Waals surface area contributed by atoms with Crippen LogP contribution in [0.15, 0.2) is 12.4 Å². The Bertz CT molecular complexity index is 419. The van der Waals surface area contributed by atoms with Crippen molar-refractivity contribution in [3.63, 3.8) is 0 Å². The first-order chi connectivity index (χ1) is 10.1. The van der Waals surface area contributed by atoms with Crippen LogP contribution < -0.4 is 5.32 Å². The van der Waals surface area contributed by atoms with Gasteiger partial charge in [0.1, 0.15) is 5.82 Å². The highest BCUT2D eigenvalue weighted by molar-refractivity contribution is 5.77. The minimum Gasteiger partial charge on any atom is -0.369 e. The third kappa shape index (κ3) is 6.53. The van der Waals surface area contributed by atoms with Gasteiger partial charge in [0.05, 0.1) is 24.6 Å². The predicted octanol–water partition coefficient (Wildman–Crippen LogP) is 1.60. The lowest BCUT2D eigenvalue weighted by atomic mass is 10.3. The van der Waals surface area contributed by atoms with Crippen LogP contribution in [0.5, 0.6) is 0 Å². The van der Waals surface area contributed by atoms with Gasteiger partial charge in [-0.2, -0.15) is 0 Å². The molecule has 0 fully saturated rings. The summed E-state index contributed by atoms with van der Waals surface area (Å²) < 4.78 is 0. The lowest BCUT2D eigenvalue weighted by Gasteiger charge is -2.22. The van der Waals surface area contributed by atoms with Crippen LogP contribution in [-0.4, -0.2) is 59.4 Å². The van der Waals surface area contributed by atoms with E-state index in [0.717, 1.165) is 37.4 Å². The lowest BCUT2D eigenvalue weighted by molar-refractivity contribution is -0.130. The molecule has 0 saturated carbocycles. The number of likely N-dealkylation sites (N-methyl/N-ethyl adjacent to an activating group) is 1. The van der Waals surface area contributed by atoms with E-state index in [-0.39, 0.29) is 5.91 Å². The third-order valence-corrected chi connectivity index (χ3v) is 3.04. The number of amides is 1. The van der Waals surface area contributed by atoms with E-state index in [1.807, 2.05) is 0 Å². The second-order valence-electron chi connectivity index (χ2n) is 5.32. The fourth-order valence-corrected chi connectivity index (χ4v) is 1.87. The Labute approximate surface area is 127 Å². The zero-order chi connectivity index (χ0) is 15.7. The first kappa shape index (κ1) is 17.4. The van der Waals surface area contributed by atoms with E-state index in [0.29, 0.717) is 13.1 Å². The molecule has 21 heavy (non-hydrogen) atoms. The molecule has 6 nitrogen and oxygen atoms in total. The molecule has 1 N–H and O–H groups in total. The molecule has 1 amide bonds. The molecule has 0 atom stereocenters. The topological polar surface area (TPSA) is 61.4 Å². The third-order valence-electron chi connectivity index (χ3n) is 3.04. The molecular weight excluding hydrogens is 266 g/mol. The smallest absolute Gasteiger partial charge is 0.236 e. The maximum absolute atomic E-state index is 11.8. The second kappa shape index (κ2) is 9.28. The zero-order valence-electron chi connectivity index (χ0n) is 13.6. The van der Waals surface area contributed by atoms with Gasteiger partial charge in [0.25, 0.3) is 0 Å². The van der Waals surface area contributed by atoms with Gasteiger partial charge in [0, 0.05) is 27.2 Å². The molecule has 0 aliphatic carbocycles. The highest BCUT2D eigenvalue weighted by atomic mass is 16.2. The molecule has 0 aliphatic rings. The van der Waals surface area contributed by atoms with E-state index in [1.54, 1.807) is 31.4 Å². The maximum atomic E-state index is 11.8. The summed E-state index contributed by atoms with van der Waals surface area (Å²) in [4.78, 5) is 24.3. The van der Waals surface area contributed by atoms with Crippen LogP contribution in [0.1, 0.15) is 32.4 Å². The van der Waals surface area contributed by atoms with Crippen molar-refractivity contribution in [3.8, 4) is 0 Å². The summed E-state index contributed by atoms with van der Waals surface area (Å²) in [6, 6.07) is 0. The summed E-state index contributed by atoms with van der Waals surface area (Å²) >= 11 is 0. The van der Waals surface area contributed by atoms with Crippen molar-refractivity contribution < 1.29 is 4.79 Å². The van der Waals surface area contributed by atoms with Crippen LogP contribution in [0.4, 0.5) is 5.82 Å². The van der Waals surface area contributed by atoms with E-state index in [9.17, 15) is 4.79 Å². The number of hydrogen-bond donors (Lipinski definition) is 1. The molecule has 0 bridgehead atoms. The molecule has 0 aliphatic heterocycles. The summed E-state index contributed by atoms with van der Waals surface area (Å²) in [7, 11) is 3.56. The first-order valence-corrected chi connectivity index (χ1v) is 7.54. The fraction of sp³-hybridized carbons (Fsp3) is 0.667. The minimum atomic E-state index is 0.109. The Morgan fingerprint density at radius 3 is 2.48 bits per heavy atom. The Hall–Kier alpha value is -1.69. The average molecular weight is 293 g/mol. The summed E-state index contributed by atoms with van der Waals surface area (Å²) in [6.07, 6.45) is 5.59. The van der Waals surface area contributed by atoms with Crippen molar-refractivity contribution >= 4 is 11.7 Å². The highest BCUT2D eigenvalue weighted by Crippen LogP contribution is 2.05. The second-order valence-corrected chi connectivity index (χ2v) is 5.32. The van der Waals surface area contributed by atoms with Crippen molar-refractivity contribution in [1.29, 1.82) is 0 Å². The van der Waals surface area contributed by atoms with Crippen molar-refractivity contribution in [1.82, 2.24) is 19.8 Å². The lowest BCUT2D eigenvalue weighted by Crippen LogP contribution is -2.36. The fourth-order valence-electron chi connectivity index (χ4n) is 1.87. The SMILES string of the molecule is CCCNc1cnc(CN(CCC)CC(=O)N(C)C)cn1.